The van der Waals surface area contributed by atoms with Crippen LogP contribution in [0.4, 0.5) is 0 Å². The highest BCUT2D eigenvalue weighted by atomic mass is 31.0. The maximum Gasteiger partial charge on any atom is 0.0487 e. The molecule has 1 N–H and O–H groups in total. The summed E-state index contributed by atoms with van der Waals surface area (Å²) in [5, 5.41) is 6.21. The number of nitrogens with one attached hydrogen (secondary N) is 1. The van der Waals surface area contributed by atoms with Gasteiger partial charge in [-0.05, 0) is 6.07 Å². The SMILES string of the molecule is CP.c1cn[nH]c1. The van der Waals surface area contributed by atoms with Gasteiger partial charge in [0, 0.05) is 12.4 Å². The summed E-state index contributed by atoms with van der Waals surface area (Å²) in [7, 11) is 2.42. The summed E-state index contributed by atoms with van der Waals surface area (Å²) < 4.78 is 0. The zero-order chi connectivity index (χ0) is 5.54. The Morgan fingerprint density at radius 2 is 2.29 bits per heavy atom. The summed E-state index contributed by atoms with van der Waals surface area (Å²) in [5.74, 6) is 0. The van der Waals surface area contributed by atoms with Gasteiger partial charge in [-0.1, -0.05) is 6.66 Å². The largest absolute Gasteiger partial charge is 0.286 e. The Morgan fingerprint density at radius 3 is 2.43 bits per heavy atom. The lowest BCUT2D eigenvalue weighted by Crippen LogP contribution is -1.53. The minimum atomic E-state index is 1.69. The van der Waals surface area contributed by atoms with Crippen molar-refractivity contribution in [3.8, 4) is 0 Å². The molecule has 3 heteroatoms. The fraction of sp³-hybridized carbons (Fsp3) is 0.250. The molecule has 40 valence electrons. The zero-order valence-electron chi connectivity index (χ0n) is 4.26. The Morgan fingerprint density at radius 1 is 1.57 bits per heavy atom. The van der Waals surface area contributed by atoms with Gasteiger partial charge < -0.3 is 0 Å². The van der Waals surface area contributed by atoms with E-state index in [0.29, 0.717) is 0 Å². The number of rotatable bonds is 0. The van der Waals surface area contributed by atoms with E-state index in [1.807, 2.05) is 12.7 Å². The molecule has 1 atom stereocenters. The van der Waals surface area contributed by atoms with E-state index in [1.54, 1.807) is 12.4 Å². The molecule has 0 bridgehead atoms. The molecule has 1 unspecified atom stereocenters. The smallest absolute Gasteiger partial charge is 0.0487 e. The van der Waals surface area contributed by atoms with E-state index in [-0.39, 0.29) is 0 Å². The fourth-order valence-electron chi connectivity index (χ4n) is 0.215. The van der Waals surface area contributed by atoms with E-state index >= 15 is 0 Å². The first-order chi connectivity index (χ1) is 3.50. The van der Waals surface area contributed by atoms with Gasteiger partial charge in [0.15, 0.2) is 0 Å². The summed E-state index contributed by atoms with van der Waals surface area (Å²) >= 11 is 0. The second-order valence-electron chi connectivity index (χ2n) is 0.766. The third-order valence-corrected chi connectivity index (χ3v) is 0.406. The first-order valence-corrected chi connectivity index (χ1v) is 3.17. The van der Waals surface area contributed by atoms with Crippen LogP contribution in [0.5, 0.6) is 0 Å². The highest BCUT2D eigenvalue weighted by Crippen LogP contribution is 1.64. The molecule has 0 saturated carbocycles. The molecular formula is C4H9N2P. The van der Waals surface area contributed by atoms with Crippen LogP contribution in [0, 0.1) is 0 Å². The highest BCUT2D eigenvalue weighted by Gasteiger charge is 1.56. The molecule has 0 fully saturated rings. The Kier molecular flexibility index (Phi) is 5.35. The van der Waals surface area contributed by atoms with Crippen LogP contribution in [0.2, 0.25) is 0 Å². The zero-order valence-corrected chi connectivity index (χ0v) is 5.41. The lowest BCUT2D eigenvalue weighted by molar-refractivity contribution is 1.09. The Labute approximate surface area is 45.5 Å². The summed E-state index contributed by atoms with van der Waals surface area (Å²) in [5.41, 5.74) is 0. The summed E-state index contributed by atoms with van der Waals surface area (Å²) in [6, 6.07) is 1.83. The average Bonchev–Trinajstić information content (AvgIpc) is 2.23. The van der Waals surface area contributed by atoms with Crippen molar-refractivity contribution < 1.29 is 0 Å². The molecule has 0 radical (unpaired) electrons. The normalized spacial score (nSPS) is 6.57. The maximum atomic E-state index is 3.60. The number of hydrogen-bond acceptors (Lipinski definition) is 1. The molecule has 1 aromatic rings. The monoisotopic (exact) mass is 116 g/mol. The number of hydrogen-bond donors (Lipinski definition) is 1. The molecule has 2 nitrogen and oxygen atoms in total. The van der Waals surface area contributed by atoms with Gasteiger partial charge in [-0.25, -0.2) is 0 Å². The predicted molar refractivity (Wildman–Crippen MR) is 34.2 cm³/mol. The topological polar surface area (TPSA) is 28.7 Å². The van der Waals surface area contributed by atoms with Crippen LogP contribution >= 0.6 is 9.24 Å². The quantitative estimate of drug-likeness (QED) is 0.501. The summed E-state index contributed by atoms with van der Waals surface area (Å²) in [4.78, 5) is 0. The number of aromatic amines is 1. The van der Waals surface area contributed by atoms with Crippen LogP contribution in [-0.4, -0.2) is 16.9 Å². The number of nitrogens with zero attached hydrogens (tertiary/aromatic N) is 1. The van der Waals surface area contributed by atoms with Crippen molar-refractivity contribution in [1.29, 1.82) is 0 Å². The molecule has 0 saturated heterocycles. The molecule has 0 aliphatic carbocycles. The number of aromatic nitrogens is 2. The number of H-pyrrole nitrogens is 1. The maximum absolute atomic E-state index is 3.60. The van der Waals surface area contributed by atoms with Crippen molar-refractivity contribution in [2.45, 2.75) is 0 Å². The van der Waals surface area contributed by atoms with Crippen LogP contribution < -0.4 is 0 Å². The van der Waals surface area contributed by atoms with E-state index < -0.39 is 0 Å². The second-order valence-corrected chi connectivity index (χ2v) is 0.766. The van der Waals surface area contributed by atoms with Crippen LogP contribution in [0.3, 0.4) is 0 Å². The van der Waals surface area contributed by atoms with E-state index in [9.17, 15) is 0 Å². The summed E-state index contributed by atoms with van der Waals surface area (Å²) in [6.45, 7) is 1.92. The third-order valence-electron chi connectivity index (χ3n) is 0.406. The van der Waals surface area contributed by atoms with Crippen molar-refractivity contribution in [1.82, 2.24) is 10.2 Å². The van der Waals surface area contributed by atoms with Crippen molar-refractivity contribution in [2.24, 2.45) is 0 Å². The van der Waals surface area contributed by atoms with Gasteiger partial charge in [0.1, 0.15) is 0 Å². The van der Waals surface area contributed by atoms with Gasteiger partial charge in [-0.2, -0.15) is 5.10 Å². The molecule has 1 rings (SSSR count). The van der Waals surface area contributed by atoms with E-state index in [4.69, 9.17) is 0 Å². The van der Waals surface area contributed by atoms with Crippen molar-refractivity contribution in [3.63, 3.8) is 0 Å². The van der Waals surface area contributed by atoms with E-state index in [1.165, 1.54) is 0 Å². The van der Waals surface area contributed by atoms with Gasteiger partial charge >= 0.3 is 0 Å². The standard InChI is InChI=1S/C3H4N2.CH5P/c1-2-4-5-3-1;1-2/h1-3H,(H,4,5);2H2,1H3. The molecular weight excluding hydrogens is 107 g/mol. The van der Waals surface area contributed by atoms with Crippen molar-refractivity contribution >= 4 is 9.24 Å². The minimum Gasteiger partial charge on any atom is -0.286 e. The molecule has 1 heterocycles. The van der Waals surface area contributed by atoms with Gasteiger partial charge in [0.2, 0.25) is 0 Å². The Hall–Kier alpha value is -0.360. The Bertz CT molecular complexity index is 66.2. The predicted octanol–water partition coefficient (Wildman–Crippen LogP) is 0.901. The lowest BCUT2D eigenvalue weighted by atomic mass is 10.8. The van der Waals surface area contributed by atoms with E-state index in [0.717, 1.165) is 0 Å². The third kappa shape index (κ3) is 3.47. The second kappa shape index (κ2) is 5.64. The lowest BCUT2D eigenvalue weighted by Gasteiger charge is -1.49. The van der Waals surface area contributed by atoms with Crippen LogP contribution in [0.15, 0.2) is 18.5 Å². The minimum absolute atomic E-state index is 1.69. The van der Waals surface area contributed by atoms with Gasteiger partial charge in [-0.3, -0.25) is 5.10 Å². The fourth-order valence-corrected chi connectivity index (χ4v) is 0.215. The molecule has 1 aromatic heterocycles. The van der Waals surface area contributed by atoms with Crippen LogP contribution in [-0.2, 0) is 0 Å². The van der Waals surface area contributed by atoms with Crippen molar-refractivity contribution in [3.05, 3.63) is 18.5 Å². The first kappa shape index (κ1) is 6.64. The van der Waals surface area contributed by atoms with E-state index in [2.05, 4.69) is 19.4 Å². The van der Waals surface area contributed by atoms with Crippen molar-refractivity contribution in [2.75, 3.05) is 6.66 Å². The first-order valence-electron chi connectivity index (χ1n) is 2.01. The van der Waals surface area contributed by atoms with Crippen LogP contribution in [0.25, 0.3) is 0 Å². The highest BCUT2D eigenvalue weighted by molar-refractivity contribution is 7.15. The average molecular weight is 116 g/mol. The van der Waals surface area contributed by atoms with Crippen LogP contribution in [0.1, 0.15) is 0 Å². The summed E-state index contributed by atoms with van der Waals surface area (Å²) in [6.07, 6.45) is 3.46. The molecule has 0 aliphatic rings. The molecule has 0 spiro atoms. The molecule has 0 aromatic carbocycles. The van der Waals surface area contributed by atoms with Gasteiger partial charge in [0.25, 0.3) is 0 Å². The molecule has 0 amide bonds. The molecule has 7 heavy (non-hydrogen) atoms. The molecule has 0 aliphatic heterocycles. The Balaban J connectivity index is 0.000000162. The van der Waals surface area contributed by atoms with Gasteiger partial charge in [-0.15, -0.1) is 9.24 Å². The van der Waals surface area contributed by atoms with Gasteiger partial charge in [0.05, 0.1) is 0 Å².